The molecule has 12 heavy (non-hydrogen) atoms. The van der Waals surface area contributed by atoms with Crippen molar-refractivity contribution < 1.29 is 9.90 Å². The molecule has 0 aliphatic carbocycles. The molecule has 1 aromatic carbocycles. The molecule has 0 spiro atoms. The van der Waals surface area contributed by atoms with Crippen LogP contribution >= 0.6 is 15.9 Å². The fourth-order valence-electron chi connectivity index (χ4n) is 0.864. The Kier molecular flexibility index (Phi) is 2.83. The van der Waals surface area contributed by atoms with E-state index in [4.69, 9.17) is 10.8 Å². The standard InChI is InChI=1S/C8H8BrNO2/c9-7-2-1-5(8(11)12)3-6(7)4-10/h1-3H,4,10H2,(H,11,12). The molecular weight excluding hydrogens is 222 g/mol. The number of carbonyl (C=O) groups is 1. The van der Waals surface area contributed by atoms with Gasteiger partial charge in [-0.25, -0.2) is 4.79 Å². The van der Waals surface area contributed by atoms with Crippen LogP contribution in [0.15, 0.2) is 22.7 Å². The minimum atomic E-state index is -0.933. The summed E-state index contributed by atoms with van der Waals surface area (Å²) in [5.41, 5.74) is 6.46. The van der Waals surface area contributed by atoms with E-state index in [2.05, 4.69) is 15.9 Å². The van der Waals surface area contributed by atoms with Crippen molar-refractivity contribution in [3.8, 4) is 0 Å². The molecule has 0 amide bonds. The summed E-state index contributed by atoms with van der Waals surface area (Å²) in [5, 5.41) is 8.64. The molecule has 0 aliphatic rings. The first-order valence-corrected chi connectivity index (χ1v) is 4.16. The number of carboxylic acid groups (broad SMARTS) is 1. The molecule has 0 fully saturated rings. The molecule has 0 atom stereocenters. The third kappa shape index (κ3) is 1.84. The van der Waals surface area contributed by atoms with Crippen LogP contribution in [0.5, 0.6) is 0 Å². The van der Waals surface area contributed by atoms with Crippen LogP contribution in [0, 0.1) is 0 Å². The number of benzene rings is 1. The van der Waals surface area contributed by atoms with Crippen molar-refractivity contribution >= 4 is 21.9 Å². The molecule has 1 rings (SSSR count). The van der Waals surface area contributed by atoms with Gasteiger partial charge >= 0.3 is 5.97 Å². The van der Waals surface area contributed by atoms with Crippen molar-refractivity contribution in [2.75, 3.05) is 0 Å². The van der Waals surface area contributed by atoms with Gasteiger partial charge in [0.15, 0.2) is 0 Å². The van der Waals surface area contributed by atoms with E-state index in [0.29, 0.717) is 6.54 Å². The zero-order valence-corrected chi connectivity index (χ0v) is 7.84. The second-order valence-corrected chi connectivity index (χ2v) is 3.17. The van der Waals surface area contributed by atoms with E-state index in [9.17, 15) is 4.79 Å². The molecule has 0 heterocycles. The van der Waals surface area contributed by atoms with Crippen molar-refractivity contribution in [1.29, 1.82) is 0 Å². The summed E-state index contributed by atoms with van der Waals surface area (Å²) < 4.78 is 0.843. The third-order valence-electron chi connectivity index (χ3n) is 1.51. The van der Waals surface area contributed by atoms with Gasteiger partial charge < -0.3 is 10.8 Å². The molecular formula is C8H8BrNO2. The number of aromatic carboxylic acids is 1. The smallest absolute Gasteiger partial charge is 0.335 e. The Hall–Kier alpha value is -0.870. The van der Waals surface area contributed by atoms with E-state index in [-0.39, 0.29) is 5.56 Å². The lowest BCUT2D eigenvalue weighted by molar-refractivity contribution is 0.0697. The Balaban J connectivity index is 3.13. The van der Waals surface area contributed by atoms with Gasteiger partial charge in [0.1, 0.15) is 0 Å². The lowest BCUT2D eigenvalue weighted by atomic mass is 10.1. The summed E-state index contributed by atoms with van der Waals surface area (Å²) in [6, 6.07) is 4.78. The highest BCUT2D eigenvalue weighted by molar-refractivity contribution is 9.10. The van der Waals surface area contributed by atoms with Gasteiger partial charge in [0, 0.05) is 11.0 Å². The molecule has 0 saturated carbocycles. The van der Waals surface area contributed by atoms with Gasteiger partial charge in [0.05, 0.1) is 5.56 Å². The summed E-state index contributed by atoms with van der Waals surface area (Å²) >= 11 is 3.27. The minimum Gasteiger partial charge on any atom is -0.478 e. The third-order valence-corrected chi connectivity index (χ3v) is 2.29. The van der Waals surface area contributed by atoms with Crippen molar-refractivity contribution in [1.82, 2.24) is 0 Å². The first-order chi connectivity index (χ1) is 5.65. The largest absolute Gasteiger partial charge is 0.478 e. The Morgan fingerprint density at radius 1 is 1.58 bits per heavy atom. The molecule has 1 aromatic rings. The van der Waals surface area contributed by atoms with Gasteiger partial charge in [0.25, 0.3) is 0 Å². The summed E-state index contributed by atoms with van der Waals surface area (Å²) in [7, 11) is 0. The normalized spacial score (nSPS) is 9.83. The number of hydrogen-bond donors (Lipinski definition) is 2. The summed E-state index contributed by atoms with van der Waals surface area (Å²) in [5.74, 6) is -0.933. The van der Waals surface area contributed by atoms with Crippen LogP contribution in [0.3, 0.4) is 0 Å². The molecule has 0 aromatic heterocycles. The lowest BCUT2D eigenvalue weighted by Crippen LogP contribution is -2.02. The fraction of sp³-hybridized carbons (Fsp3) is 0.125. The molecule has 0 unspecified atom stereocenters. The average molecular weight is 230 g/mol. The molecule has 0 aliphatic heterocycles. The van der Waals surface area contributed by atoms with Gasteiger partial charge in [-0.05, 0) is 23.8 Å². The van der Waals surface area contributed by atoms with E-state index in [1.54, 1.807) is 12.1 Å². The SMILES string of the molecule is NCc1cc(C(=O)O)ccc1Br. The Labute approximate surface area is 78.3 Å². The zero-order valence-electron chi connectivity index (χ0n) is 6.25. The number of rotatable bonds is 2. The molecule has 0 radical (unpaired) electrons. The first kappa shape index (κ1) is 9.22. The molecule has 3 N–H and O–H groups in total. The highest BCUT2D eigenvalue weighted by Crippen LogP contribution is 2.17. The monoisotopic (exact) mass is 229 g/mol. The topological polar surface area (TPSA) is 63.3 Å². The van der Waals surface area contributed by atoms with Crippen LogP contribution in [0.1, 0.15) is 15.9 Å². The number of nitrogens with two attached hydrogens (primary N) is 1. The molecule has 0 bridgehead atoms. The van der Waals surface area contributed by atoms with Crippen LogP contribution in [-0.4, -0.2) is 11.1 Å². The summed E-state index contributed by atoms with van der Waals surface area (Å²) in [6.45, 7) is 0.335. The maximum Gasteiger partial charge on any atom is 0.335 e. The molecule has 0 saturated heterocycles. The van der Waals surface area contributed by atoms with Crippen molar-refractivity contribution in [2.24, 2.45) is 5.73 Å². The molecule has 4 heteroatoms. The van der Waals surface area contributed by atoms with Crippen LogP contribution in [-0.2, 0) is 6.54 Å². The summed E-state index contributed by atoms with van der Waals surface area (Å²) in [4.78, 5) is 10.5. The van der Waals surface area contributed by atoms with Crippen molar-refractivity contribution in [3.05, 3.63) is 33.8 Å². The zero-order chi connectivity index (χ0) is 9.14. The van der Waals surface area contributed by atoms with E-state index in [1.807, 2.05) is 0 Å². The van der Waals surface area contributed by atoms with Crippen LogP contribution in [0.2, 0.25) is 0 Å². The second-order valence-electron chi connectivity index (χ2n) is 2.32. The average Bonchev–Trinajstić information content (AvgIpc) is 2.05. The Bertz CT molecular complexity index is 312. The maximum atomic E-state index is 10.5. The van der Waals surface area contributed by atoms with Crippen LogP contribution < -0.4 is 5.73 Å². The Morgan fingerprint density at radius 2 is 2.25 bits per heavy atom. The predicted molar refractivity (Wildman–Crippen MR) is 49.0 cm³/mol. The maximum absolute atomic E-state index is 10.5. The lowest BCUT2D eigenvalue weighted by Gasteiger charge is -2.01. The van der Waals surface area contributed by atoms with E-state index in [0.717, 1.165) is 10.0 Å². The second kappa shape index (κ2) is 3.69. The van der Waals surface area contributed by atoms with E-state index < -0.39 is 5.97 Å². The van der Waals surface area contributed by atoms with Crippen LogP contribution in [0.25, 0.3) is 0 Å². The highest BCUT2D eigenvalue weighted by atomic mass is 79.9. The highest BCUT2D eigenvalue weighted by Gasteiger charge is 2.04. The van der Waals surface area contributed by atoms with E-state index in [1.165, 1.54) is 6.07 Å². The van der Waals surface area contributed by atoms with Gasteiger partial charge in [-0.1, -0.05) is 15.9 Å². The Morgan fingerprint density at radius 3 is 2.75 bits per heavy atom. The van der Waals surface area contributed by atoms with Gasteiger partial charge in [-0.2, -0.15) is 0 Å². The van der Waals surface area contributed by atoms with Gasteiger partial charge in [0.2, 0.25) is 0 Å². The minimum absolute atomic E-state index is 0.263. The van der Waals surface area contributed by atoms with Crippen molar-refractivity contribution in [3.63, 3.8) is 0 Å². The quantitative estimate of drug-likeness (QED) is 0.811. The predicted octanol–water partition coefficient (Wildman–Crippen LogP) is 1.61. The van der Waals surface area contributed by atoms with Crippen molar-refractivity contribution in [2.45, 2.75) is 6.54 Å². The summed E-state index contributed by atoms with van der Waals surface area (Å²) in [6.07, 6.45) is 0. The van der Waals surface area contributed by atoms with E-state index >= 15 is 0 Å². The van der Waals surface area contributed by atoms with Gasteiger partial charge in [-0.3, -0.25) is 0 Å². The fourth-order valence-corrected chi connectivity index (χ4v) is 1.27. The molecule has 3 nitrogen and oxygen atoms in total. The number of hydrogen-bond acceptors (Lipinski definition) is 2. The number of halogens is 1. The number of carboxylic acids is 1. The first-order valence-electron chi connectivity index (χ1n) is 3.37. The molecule has 64 valence electrons. The van der Waals surface area contributed by atoms with Gasteiger partial charge in [-0.15, -0.1) is 0 Å². The van der Waals surface area contributed by atoms with Crippen LogP contribution in [0.4, 0.5) is 0 Å².